The van der Waals surface area contributed by atoms with Crippen molar-refractivity contribution in [3.63, 3.8) is 0 Å². The third-order valence-electron chi connectivity index (χ3n) is 3.92. The van der Waals surface area contributed by atoms with Crippen LogP contribution in [-0.2, 0) is 9.59 Å². The van der Waals surface area contributed by atoms with Crippen molar-refractivity contribution in [2.24, 2.45) is 4.99 Å². The van der Waals surface area contributed by atoms with Crippen molar-refractivity contribution in [2.75, 3.05) is 5.32 Å². The van der Waals surface area contributed by atoms with Gasteiger partial charge in [0.05, 0.1) is 11.7 Å². The van der Waals surface area contributed by atoms with Crippen molar-refractivity contribution in [1.29, 1.82) is 0 Å². The van der Waals surface area contributed by atoms with Gasteiger partial charge in [0.25, 0.3) is 0 Å². The van der Waals surface area contributed by atoms with E-state index in [9.17, 15) is 14.0 Å². The van der Waals surface area contributed by atoms with Gasteiger partial charge in [-0.1, -0.05) is 36.7 Å². The summed E-state index contributed by atoms with van der Waals surface area (Å²) in [6.45, 7) is 0. The van der Waals surface area contributed by atoms with Crippen LogP contribution in [0.1, 0.15) is 32.1 Å². The minimum Gasteiger partial charge on any atom is -0.324 e. The van der Waals surface area contributed by atoms with Gasteiger partial charge in [0.15, 0.2) is 5.17 Å². The summed E-state index contributed by atoms with van der Waals surface area (Å²) < 4.78 is 13.5. The molecule has 1 aromatic rings. The number of hydrogen-bond donors (Lipinski definition) is 2. The van der Waals surface area contributed by atoms with Crippen LogP contribution in [0.3, 0.4) is 0 Å². The van der Waals surface area contributed by atoms with E-state index >= 15 is 0 Å². The number of carbonyl (C=O) groups is 2. The lowest BCUT2D eigenvalue weighted by atomic mass is 10.2. The zero-order chi connectivity index (χ0) is 16.2. The highest BCUT2D eigenvalue weighted by atomic mass is 32.2. The van der Waals surface area contributed by atoms with E-state index in [-0.39, 0.29) is 30.0 Å². The van der Waals surface area contributed by atoms with Crippen LogP contribution in [0.5, 0.6) is 0 Å². The smallest absolute Gasteiger partial charge is 0.240 e. The third kappa shape index (κ3) is 4.10. The number of benzene rings is 1. The molecule has 23 heavy (non-hydrogen) atoms. The molecule has 1 saturated carbocycles. The molecule has 7 heteroatoms. The Kier molecular flexibility index (Phi) is 4.95. The fourth-order valence-corrected chi connectivity index (χ4v) is 3.77. The number of nitrogens with one attached hydrogen (secondary N) is 2. The Morgan fingerprint density at radius 3 is 2.83 bits per heavy atom. The van der Waals surface area contributed by atoms with Crippen LogP contribution >= 0.6 is 11.8 Å². The first-order valence-electron chi connectivity index (χ1n) is 7.71. The summed E-state index contributed by atoms with van der Waals surface area (Å²) in [5, 5.41) is 5.32. The Balaban J connectivity index is 1.56. The molecule has 0 bridgehead atoms. The maximum absolute atomic E-state index is 13.5. The van der Waals surface area contributed by atoms with E-state index in [2.05, 4.69) is 15.6 Å². The van der Waals surface area contributed by atoms with Gasteiger partial charge in [0.1, 0.15) is 11.1 Å². The molecule has 2 aliphatic rings. The molecule has 1 aliphatic carbocycles. The van der Waals surface area contributed by atoms with Crippen molar-refractivity contribution in [1.82, 2.24) is 5.32 Å². The second-order valence-corrected chi connectivity index (χ2v) is 6.89. The third-order valence-corrected chi connectivity index (χ3v) is 5.02. The summed E-state index contributed by atoms with van der Waals surface area (Å²) in [4.78, 5) is 28.5. The number of carbonyl (C=O) groups excluding carboxylic acids is 2. The lowest BCUT2D eigenvalue weighted by Crippen LogP contribution is -2.28. The van der Waals surface area contributed by atoms with Crippen LogP contribution in [0, 0.1) is 5.82 Å². The van der Waals surface area contributed by atoms with E-state index in [0.717, 1.165) is 12.8 Å². The minimum atomic E-state index is -0.512. The van der Waals surface area contributed by atoms with Crippen molar-refractivity contribution >= 4 is 34.4 Å². The zero-order valence-corrected chi connectivity index (χ0v) is 13.4. The molecule has 1 saturated heterocycles. The molecule has 2 amide bonds. The molecule has 1 aromatic carbocycles. The van der Waals surface area contributed by atoms with E-state index in [0.29, 0.717) is 5.17 Å². The SMILES string of the molecule is O=C(C[C@H]1SC(=NC2CCCC2)NC1=O)Nc1ccccc1F. The maximum atomic E-state index is 13.5. The number of nitrogens with zero attached hydrogens (tertiary/aromatic N) is 1. The van der Waals surface area contributed by atoms with E-state index in [1.54, 1.807) is 12.1 Å². The van der Waals surface area contributed by atoms with Gasteiger partial charge in [-0.15, -0.1) is 0 Å². The number of thioether (sulfide) groups is 1. The largest absolute Gasteiger partial charge is 0.324 e. The summed E-state index contributed by atoms with van der Waals surface area (Å²) in [5.41, 5.74) is 0.126. The molecule has 0 spiro atoms. The number of amidine groups is 1. The standard InChI is InChI=1S/C16H18FN3O2S/c17-11-7-3-4-8-12(11)19-14(21)9-13-15(22)20-16(23-13)18-10-5-1-2-6-10/h3-4,7-8,10,13H,1-2,5-6,9H2,(H,19,21)(H,18,20,22)/t13-/m1/s1. The summed E-state index contributed by atoms with van der Waals surface area (Å²) in [6.07, 6.45) is 4.45. The molecule has 1 atom stereocenters. The van der Waals surface area contributed by atoms with Gasteiger partial charge in [0, 0.05) is 6.42 Å². The van der Waals surface area contributed by atoms with Crippen LogP contribution in [0.2, 0.25) is 0 Å². The molecule has 0 unspecified atom stereocenters. The Hall–Kier alpha value is -1.89. The molecule has 1 heterocycles. The van der Waals surface area contributed by atoms with E-state index < -0.39 is 11.1 Å². The van der Waals surface area contributed by atoms with Gasteiger partial charge < -0.3 is 10.6 Å². The zero-order valence-electron chi connectivity index (χ0n) is 12.5. The number of aliphatic imine (C=N–C) groups is 1. The molecule has 122 valence electrons. The van der Waals surface area contributed by atoms with Gasteiger partial charge in [-0.25, -0.2) is 4.39 Å². The first kappa shape index (κ1) is 16.0. The van der Waals surface area contributed by atoms with Crippen molar-refractivity contribution in [3.05, 3.63) is 30.1 Å². The quantitative estimate of drug-likeness (QED) is 0.889. The molecule has 2 N–H and O–H groups in total. The fraction of sp³-hybridized carbons (Fsp3) is 0.438. The van der Waals surface area contributed by atoms with Gasteiger partial charge in [-0.05, 0) is 25.0 Å². The number of anilines is 1. The number of rotatable bonds is 4. The van der Waals surface area contributed by atoms with Crippen LogP contribution in [0.4, 0.5) is 10.1 Å². The van der Waals surface area contributed by atoms with Crippen molar-refractivity contribution in [3.8, 4) is 0 Å². The van der Waals surface area contributed by atoms with E-state index in [1.807, 2.05) is 0 Å². The number of hydrogen-bond acceptors (Lipinski definition) is 4. The Bertz CT molecular complexity index is 644. The molecule has 3 rings (SSSR count). The van der Waals surface area contributed by atoms with Crippen LogP contribution < -0.4 is 10.6 Å². The highest BCUT2D eigenvalue weighted by Crippen LogP contribution is 2.27. The first-order valence-corrected chi connectivity index (χ1v) is 8.59. The highest BCUT2D eigenvalue weighted by Gasteiger charge is 2.32. The minimum absolute atomic E-state index is 0.00544. The van der Waals surface area contributed by atoms with Crippen LogP contribution in [0.25, 0.3) is 0 Å². The van der Waals surface area contributed by atoms with E-state index in [1.165, 1.54) is 36.7 Å². The predicted molar refractivity (Wildman–Crippen MR) is 88.9 cm³/mol. The molecule has 1 aliphatic heterocycles. The van der Waals surface area contributed by atoms with Gasteiger partial charge in [-0.3, -0.25) is 14.6 Å². The average molecular weight is 335 g/mol. The lowest BCUT2D eigenvalue weighted by Gasteiger charge is -2.08. The Morgan fingerprint density at radius 2 is 2.09 bits per heavy atom. The van der Waals surface area contributed by atoms with Gasteiger partial charge in [0.2, 0.25) is 11.8 Å². The average Bonchev–Trinajstić information content (AvgIpc) is 3.12. The molecular formula is C16H18FN3O2S. The molecular weight excluding hydrogens is 317 g/mol. The summed E-state index contributed by atoms with van der Waals surface area (Å²) in [7, 11) is 0. The van der Waals surface area contributed by atoms with E-state index in [4.69, 9.17) is 0 Å². The predicted octanol–water partition coefficient (Wildman–Crippen LogP) is 2.68. The van der Waals surface area contributed by atoms with Crippen LogP contribution in [-0.4, -0.2) is 28.3 Å². The second kappa shape index (κ2) is 7.12. The lowest BCUT2D eigenvalue weighted by molar-refractivity contribution is -0.122. The summed E-state index contributed by atoms with van der Waals surface area (Å²) in [5.74, 6) is -1.09. The molecule has 0 radical (unpaired) electrons. The Labute approximate surface area is 138 Å². The van der Waals surface area contributed by atoms with Crippen LogP contribution in [0.15, 0.2) is 29.3 Å². The first-order chi connectivity index (χ1) is 11.1. The Morgan fingerprint density at radius 1 is 1.35 bits per heavy atom. The second-order valence-electron chi connectivity index (χ2n) is 5.70. The number of halogens is 1. The molecule has 2 fully saturated rings. The summed E-state index contributed by atoms with van der Waals surface area (Å²) in [6, 6.07) is 6.24. The summed E-state index contributed by atoms with van der Waals surface area (Å²) >= 11 is 1.28. The maximum Gasteiger partial charge on any atom is 0.240 e. The number of amides is 2. The van der Waals surface area contributed by atoms with Crippen molar-refractivity contribution < 1.29 is 14.0 Å². The van der Waals surface area contributed by atoms with Gasteiger partial charge in [-0.2, -0.15) is 0 Å². The fourth-order valence-electron chi connectivity index (χ4n) is 2.73. The number of para-hydroxylation sites is 1. The highest BCUT2D eigenvalue weighted by molar-refractivity contribution is 8.15. The molecule has 0 aromatic heterocycles. The normalized spacial score (nSPS) is 23.3. The monoisotopic (exact) mass is 335 g/mol. The van der Waals surface area contributed by atoms with Crippen molar-refractivity contribution in [2.45, 2.75) is 43.4 Å². The van der Waals surface area contributed by atoms with Gasteiger partial charge >= 0.3 is 0 Å². The topological polar surface area (TPSA) is 70.6 Å². The molecule has 5 nitrogen and oxygen atoms in total.